The van der Waals surface area contributed by atoms with E-state index in [4.69, 9.17) is 0 Å². The molecule has 164 valence electrons. The third-order valence-electron chi connectivity index (χ3n) is 7.83. The summed E-state index contributed by atoms with van der Waals surface area (Å²) in [5.74, 6) is 2.58. The van der Waals surface area contributed by atoms with Crippen LogP contribution in [0, 0.1) is 23.6 Å². The fourth-order valence-electron chi connectivity index (χ4n) is 5.68. The molecule has 4 rings (SSSR count). The molecule has 0 spiro atoms. The molecule has 2 aromatic carbocycles. The van der Waals surface area contributed by atoms with Crippen molar-refractivity contribution in [1.82, 2.24) is 0 Å². The highest BCUT2D eigenvalue weighted by atomic mass is 19.1. The van der Waals surface area contributed by atoms with Gasteiger partial charge in [-0.25, -0.2) is 4.39 Å². The van der Waals surface area contributed by atoms with Crippen LogP contribution in [0.1, 0.15) is 75.8 Å². The fourth-order valence-corrected chi connectivity index (χ4v) is 5.68. The zero-order valence-electron chi connectivity index (χ0n) is 19.1. The molecule has 0 heterocycles. The Bertz CT molecular complexity index is 897. The largest absolute Gasteiger partial charge is 0.206 e. The van der Waals surface area contributed by atoms with E-state index in [2.05, 4.69) is 49.9 Å². The average molecular weight is 417 g/mol. The SMILES string of the molecule is C=CCCc1ccc(-c2ccc(C3=CCC(C4CCC(CC)CC4)CC3)c(F)c2)cc1. The van der Waals surface area contributed by atoms with E-state index in [0.717, 1.165) is 60.1 Å². The molecule has 0 nitrogen and oxygen atoms in total. The Hall–Kier alpha value is -2.15. The maximum Gasteiger partial charge on any atom is 0.131 e. The van der Waals surface area contributed by atoms with E-state index in [9.17, 15) is 0 Å². The van der Waals surface area contributed by atoms with E-state index in [1.165, 1.54) is 49.7 Å². The lowest BCUT2D eigenvalue weighted by molar-refractivity contribution is 0.192. The minimum Gasteiger partial charge on any atom is -0.206 e. The molecule has 2 aliphatic carbocycles. The molecule has 0 bridgehead atoms. The highest BCUT2D eigenvalue weighted by molar-refractivity contribution is 5.71. The molecular weight excluding hydrogens is 379 g/mol. The van der Waals surface area contributed by atoms with Crippen molar-refractivity contribution >= 4 is 5.57 Å². The van der Waals surface area contributed by atoms with Crippen molar-refractivity contribution in [3.05, 3.63) is 78.1 Å². The lowest BCUT2D eigenvalue weighted by atomic mass is 9.70. The summed E-state index contributed by atoms with van der Waals surface area (Å²) in [6.07, 6.45) is 16.6. The molecule has 0 N–H and O–H groups in total. The molecular formula is C30H37F. The second-order valence-corrected chi connectivity index (χ2v) is 9.67. The van der Waals surface area contributed by atoms with Crippen LogP contribution >= 0.6 is 0 Å². The summed E-state index contributed by atoms with van der Waals surface area (Å²) in [5.41, 5.74) is 5.35. The topological polar surface area (TPSA) is 0 Å². The lowest BCUT2D eigenvalue weighted by Gasteiger charge is -2.35. The van der Waals surface area contributed by atoms with Crippen molar-refractivity contribution in [3.8, 4) is 11.1 Å². The van der Waals surface area contributed by atoms with E-state index in [1.807, 2.05) is 12.1 Å². The standard InChI is InChI=1S/C30H37F/c1-3-5-6-23-9-13-26(14-10-23)28-19-20-29(30(31)21-28)27-17-15-25(16-18-27)24-11-7-22(4-2)8-12-24/h3,9-10,13-14,17,19-22,24-25H,1,4-8,11-12,15-16,18H2,2H3. The Kier molecular flexibility index (Phi) is 7.43. The van der Waals surface area contributed by atoms with E-state index >= 15 is 4.39 Å². The molecule has 0 radical (unpaired) electrons. The third-order valence-corrected chi connectivity index (χ3v) is 7.83. The van der Waals surface area contributed by atoms with Gasteiger partial charge in [0.05, 0.1) is 0 Å². The van der Waals surface area contributed by atoms with Crippen molar-refractivity contribution in [1.29, 1.82) is 0 Å². The predicted octanol–water partition coefficient (Wildman–Crippen LogP) is 9.01. The van der Waals surface area contributed by atoms with E-state index < -0.39 is 0 Å². The van der Waals surface area contributed by atoms with Gasteiger partial charge in [0, 0.05) is 5.56 Å². The highest BCUT2D eigenvalue weighted by Gasteiger charge is 2.28. The number of hydrogen-bond acceptors (Lipinski definition) is 0. The second kappa shape index (κ2) is 10.4. The van der Waals surface area contributed by atoms with Gasteiger partial charge in [0.15, 0.2) is 0 Å². The van der Waals surface area contributed by atoms with Crippen LogP contribution in [-0.2, 0) is 6.42 Å². The molecule has 1 saturated carbocycles. The van der Waals surface area contributed by atoms with Gasteiger partial charge in [0.2, 0.25) is 0 Å². The molecule has 1 heteroatoms. The third kappa shape index (κ3) is 5.37. The first-order valence-electron chi connectivity index (χ1n) is 12.4. The summed E-state index contributed by atoms with van der Waals surface area (Å²) in [6, 6.07) is 14.3. The summed E-state index contributed by atoms with van der Waals surface area (Å²) >= 11 is 0. The maximum atomic E-state index is 15.0. The fraction of sp³-hybridized carbons (Fsp3) is 0.467. The van der Waals surface area contributed by atoms with Crippen molar-refractivity contribution in [3.63, 3.8) is 0 Å². The van der Waals surface area contributed by atoms with Gasteiger partial charge in [-0.1, -0.05) is 74.7 Å². The second-order valence-electron chi connectivity index (χ2n) is 9.67. The van der Waals surface area contributed by atoms with Gasteiger partial charge in [0.25, 0.3) is 0 Å². The number of benzene rings is 2. The van der Waals surface area contributed by atoms with Crippen LogP contribution in [-0.4, -0.2) is 0 Å². The molecule has 0 saturated heterocycles. The molecule has 1 atom stereocenters. The highest BCUT2D eigenvalue weighted by Crippen LogP contribution is 2.42. The van der Waals surface area contributed by atoms with Crippen LogP contribution in [0.25, 0.3) is 16.7 Å². The van der Waals surface area contributed by atoms with Crippen molar-refractivity contribution < 1.29 is 4.39 Å². The zero-order chi connectivity index (χ0) is 21.6. The Morgan fingerprint density at radius 2 is 1.68 bits per heavy atom. The number of halogens is 1. The zero-order valence-corrected chi connectivity index (χ0v) is 19.1. The number of aryl methyl sites for hydroxylation is 1. The molecule has 1 fully saturated rings. The van der Waals surface area contributed by atoms with Crippen LogP contribution < -0.4 is 0 Å². The number of rotatable bonds is 7. The van der Waals surface area contributed by atoms with Gasteiger partial charge in [-0.15, -0.1) is 6.58 Å². The van der Waals surface area contributed by atoms with Crippen LogP contribution in [0.4, 0.5) is 4.39 Å². The van der Waals surface area contributed by atoms with Gasteiger partial charge in [-0.05, 0) is 91.0 Å². The van der Waals surface area contributed by atoms with Crippen LogP contribution in [0.15, 0.2) is 61.2 Å². The van der Waals surface area contributed by atoms with Gasteiger partial charge >= 0.3 is 0 Å². The summed E-state index contributed by atoms with van der Waals surface area (Å²) in [7, 11) is 0. The first kappa shape index (κ1) is 22.1. The molecule has 2 aliphatic rings. The summed E-state index contributed by atoms with van der Waals surface area (Å²) in [5, 5.41) is 0. The summed E-state index contributed by atoms with van der Waals surface area (Å²) in [6.45, 7) is 6.12. The van der Waals surface area contributed by atoms with Crippen molar-refractivity contribution in [2.75, 3.05) is 0 Å². The van der Waals surface area contributed by atoms with Gasteiger partial charge in [-0.2, -0.15) is 0 Å². The maximum absolute atomic E-state index is 15.0. The van der Waals surface area contributed by atoms with Crippen molar-refractivity contribution in [2.45, 2.75) is 71.1 Å². The lowest BCUT2D eigenvalue weighted by Crippen LogP contribution is -2.23. The van der Waals surface area contributed by atoms with E-state index in [-0.39, 0.29) is 5.82 Å². The van der Waals surface area contributed by atoms with E-state index in [1.54, 1.807) is 6.07 Å². The Morgan fingerprint density at radius 1 is 0.935 bits per heavy atom. The van der Waals surface area contributed by atoms with E-state index in [0.29, 0.717) is 0 Å². The minimum absolute atomic E-state index is 0.0820. The summed E-state index contributed by atoms with van der Waals surface area (Å²) in [4.78, 5) is 0. The minimum atomic E-state index is -0.0820. The first-order chi connectivity index (χ1) is 15.2. The van der Waals surface area contributed by atoms with Crippen LogP contribution in [0.3, 0.4) is 0 Å². The number of hydrogen-bond donors (Lipinski definition) is 0. The molecule has 0 aromatic heterocycles. The molecule has 31 heavy (non-hydrogen) atoms. The average Bonchev–Trinajstić information content (AvgIpc) is 2.83. The molecule has 0 amide bonds. The number of allylic oxidation sites excluding steroid dienone is 3. The first-order valence-corrected chi connectivity index (χ1v) is 12.4. The Morgan fingerprint density at radius 3 is 2.29 bits per heavy atom. The molecule has 0 aliphatic heterocycles. The van der Waals surface area contributed by atoms with Crippen LogP contribution in [0.2, 0.25) is 0 Å². The monoisotopic (exact) mass is 416 g/mol. The quantitative estimate of drug-likeness (QED) is 0.395. The summed E-state index contributed by atoms with van der Waals surface area (Å²) < 4.78 is 15.0. The van der Waals surface area contributed by atoms with Gasteiger partial charge in [0.1, 0.15) is 5.82 Å². The van der Waals surface area contributed by atoms with Crippen molar-refractivity contribution in [2.24, 2.45) is 17.8 Å². The normalized spacial score (nSPS) is 23.9. The molecule has 1 unspecified atom stereocenters. The Labute approximate surface area is 188 Å². The smallest absolute Gasteiger partial charge is 0.131 e. The van der Waals surface area contributed by atoms with Crippen LogP contribution in [0.5, 0.6) is 0 Å². The Balaban J connectivity index is 1.40. The van der Waals surface area contributed by atoms with Gasteiger partial charge in [-0.3, -0.25) is 0 Å². The molecule has 2 aromatic rings. The predicted molar refractivity (Wildman–Crippen MR) is 131 cm³/mol. The van der Waals surface area contributed by atoms with Gasteiger partial charge < -0.3 is 0 Å².